The fourth-order valence-corrected chi connectivity index (χ4v) is 1.89. The second-order valence-corrected chi connectivity index (χ2v) is 5.69. The van der Waals surface area contributed by atoms with E-state index in [9.17, 15) is 4.57 Å². The summed E-state index contributed by atoms with van der Waals surface area (Å²) in [7, 11) is -4.13. The molecule has 0 aliphatic rings. The molecule has 0 saturated heterocycles. The number of imidazole rings is 1. The van der Waals surface area contributed by atoms with Gasteiger partial charge in [-0.05, 0) is 0 Å². The Morgan fingerprint density at radius 3 is 2.76 bits per heavy atom. The van der Waals surface area contributed by atoms with Crippen molar-refractivity contribution in [1.82, 2.24) is 19.7 Å². The molecule has 0 aliphatic carbocycles. The number of nitrogens with two attached hydrogens (primary N) is 2. The molecule has 0 atom stereocenters. The summed E-state index contributed by atoms with van der Waals surface area (Å²) in [5.41, 5.74) is 11.9. The minimum Gasteiger partial charge on any atom is -0.411 e. The van der Waals surface area contributed by atoms with Gasteiger partial charge in [-0.3, -0.25) is 4.57 Å². The van der Waals surface area contributed by atoms with Crippen molar-refractivity contribution in [3.63, 3.8) is 0 Å². The number of hydrogen-bond donors (Lipinski definition) is 4. The average Bonchev–Trinajstić information content (AvgIpc) is 2.75. The van der Waals surface area contributed by atoms with Gasteiger partial charge < -0.3 is 30.8 Å². The van der Waals surface area contributed by atoms with Gasteiger partial charge in [0, 0.05) is 6.42 Å². The maximum Gasteiger partial charge on any atom is 0.350 e. The van der Waals surface area contributed by atoms with Crippen LogP contribution < -0.4 is 16.3 Å². The normalized spacial score (nSPS) is 11.9. The van der Waals surface area contributed by atoms with Crippen LogP contribution in [0.4, 0.5) is 11.8 Å². The number of hydrogen-bond acceptors (Lipinski definition) is 8. The lowest BCUT2D eigenvalue weighted by atomic mass is 10.5. The number of nitrogens with zero attached hydrogens (tertiary/aromatic N) is 4. The van der Waals surface area contributed by atoms with E-state index in [-0.39, 0.29) is 25.0 Å². The largest absolute Gasteiger partial charge is 0.411 e. The first kappa shape index (κ1) is 15.4. The van der Waals surface area contributed by atoms with Crippen molar-refractivity contribution < 1.29 is 23.9 Å². The number of aromatic nitrogens is 4. The summed E-state index contributed by atoms with van der Waals surface area (Å²) < 4.78 is 16.7. The molecule has 21 heavy (non-hydrogen) atoms. The van der Waals surface area contributed by atoms with E-state index in [0.717, 1.165) is 0 Å². The Hall–Kier alpha value is -1.94. The van der Waals surface area contributed by atoms with Gasteiger partial charge in [0.05, 0.1) is 6.61 Å². The lowest BCUT2D eigenvalue weighted by molar-refractivity contribution is 0.0842. The zero-order valence-corrected chi connectivity index (χ0v) is 11.8. The lowest BCUT2D eigenvalue weighted by Gasteiger charge is -2.08. The topological polar surface area (TPSA) is 172 Å². The van der Waals surface area contributed by atoms with Gasteiger partial charge in [-0.2, -0.15) is 14.7 Å². The molecular weight excluding hydrogens is 303 g/mol. The summed E-state index contributed by atoms with van der Waals surface area (Å²) >= 11 is 0. The second-order valence-electron chi connectivity index (χ2n) is 4.10. The maximum absolute atomic E-state index is 10.5. The average molecular weight is 318 g/mol. The van der Waals surface area contributed by atoms with E-state index in [1.54, 1.807) is 0 Å². The first-order chi connectivity index (χ1) is 9.87. The molecule has 2 aromatic rings. The van der Waals surface area contributed by atoms with Gasteiger partial charge in [0.1, 0.15) is 19.3 Å². The second kappa shape index (κ2) is 6.22. The predicted octanol–water partition coefficient (Wildman–Crippen LogP) is -1.04. The highest BCUT2D eigenvalue weighted by Crippen LogP contribution is 2.33. The molecule has 2 rings (SSSR count). The fraction of sp³-hybridized carbons (Fsp3) is 0.444. The molecule has 0 aliphatic heterocycles. The summed E-state index contributed by atoms with van der Waals surface area (Å²) in [6.07, 6.45) is 1.20. The van der Waals surface area contributed by atoms with Crippen LogP contribution in [0.5, 0.6) is 0 Å². The van der Waals surface area contributed by atoms with E-state index in [1.807, 2.05) is 0 Å². The van der Waals surface area contributed by atoms with Crippen molar-refractivity contribution >= 4 is 30.5 Å². The Morgan fingerprint density at radius 2 is 2.05 bits per heavy atom. The number of fused-ring (bicyclic) bond motifs is 1. The van der Waals surface area contributed by atoms with E-state index >= 15 is 0 Å². The number of anilines is 2. The molecule has 12 heteroatoms. The van der Waals surface area contributed by atoms with Crippen LogP contribution in [0.15, 0.2) is 6.33 Å². The smallest absolute Gasteiger partial charge is 0.350 e. The minimum absolute atomic E-state index is 0.00956. The van der Waals surface area contributed by atoms with Crippen LogP contribution in [-0.2, 0) is 9.30 Å². The SMILES string of the molecule is Nc1nc(N)c2ncn(OCCCOCP(=O)(O)O)c2n1. The maximum atomic E-state index is 10.5. The van der Waals surface area contributed by atoms with Crippen LogP contribution in [-0.4, -0.2) is 49.0 Å². The summed E-state index contributed by atoms with van der Waals surface area (Å²) in [5.74, 6) is 0.167. The molecule has 0 aromatic carbocycles. The van der Waals surface area contributed by atoms with Crippen molar-refractivity contribution in [2.75, 3.05) is 31.0 Å². The summed E-state index contributed by atoms with van der Waals surface area (Å²) in [4.78, 5) is 34.3. The highest BCUT2D eigenvalue weighted by molar-refractivity contribution is 7.51. The first-order valence-corrected chi connectivity index (χ1v) is 7.68. The monoisotopic (exact) mass is 318 g/mol. The van der Waals surface area contributed by atoms with Gasteiger partial charge in [-0.15, -0.1) is 0 Å². The lowest BCUT2D eigenvalue weighted by Crippen LogP contribution is -2.14. The van der Waals surface area contributed by atoms with Crippen LogP contribution >= 0.6 is 7.60 Å². The summed E-state index contributed by atoms with van der Waals surface area (Å²) in [5, 5.41) is 0. The Kier molecular flexibility index (Phi) is 4.58. The molecule has 116 valence electrons. The number of nitrogen functional groups attached to an aromatic ring is 2. The molecule has 0 fully saturated rings. The van der Waals surface area contributed by atoms with Crippen LogP contribution in [0.1, 0.15) is 6.42 Å². The third kappa shape index (κ3) is 4.26. The fourth-order valence-electron chi connectivity index (χ4n) is 1.52. The molecular formula is C9H15N6O5P. The molecule has 6 N–H and O–H groups in total. The van der Waals surface area contributed by atoms with Gasteiger partial charge in [0.2, 0.25) is 11.6 Å². The minimum atomic E-state index is -4.13. The molecule has 2 aromatic heterocycles. The first-order valence-electron chi connectivity index (χ1n) is 5.88. The molecule has 0 saturated carbocycles. The van der Waals surface area contributed by atoms with Gasteiger partial charge in [-0.1, -0.05) is 0 Å². The highest BCUT2D eigenvalue weighted by atomic mass is 31.2. The molecule has 2 heterocycles. The molecule has 0 amide bonds. The van der Waals surface area contributed by atoms with Crippen LogP contribution in [0.2, 0.25) is 0 Å². The molecule has 0 unspecified atom stereocenters. The van der Waals surface area contributed by atoms with Gasteiger partial charge in [0.15, 0.2) is 11.3 Å². The Morgan fingerprint density at radius 1 is 1.29 bits per heavy atom. The standard InChI is InChI=1S/C9H15N6O5P/c10-7-6-8(14-9(11)13-7)15(4-12-6)20-3-1-2-19-5-21(16,17)18/h4H,1-3,5H2,(H2,16,17,18)(H4,10,11,13,14). The van der Waals surface area contributed by atoms with E-state index in [4.69, 9.17) is 30.8 Å². The van der Waals surface area contributed by atoms with Crippen molar-refractivity contribution in [3.8, 4) is 0 Å². The highest BCUT2D eigenvalue weighted by Gasteiger charge is 2.12. The van der Waals surface area contributed by atoms with Crippen molar-refractivity contribution in [2.24, 2.45) is 0 Å². The van der Waals surface area contributed by atoms with E-state index in [0.29, 0.717) is 17.6 Å². The molecule has 0 radical (unpaired) electrons. The van der Waals surface area contributed by atoms with E-state index in [1.165, 1.54) is 11.1 Å². The predicted molar refractivity (Wildman–Crippen MR) is 73.1 cm³/mol. The van der Waals surface area contributed by atoms with Crippen LogP contribution in [0.3, 0.4) is 0 Å². The number of ether oxygens (including phenoxy) is 1. The van der Waals surface area contributed by atoms with Crippen molar-refractivity contribution in [1.29, 1.82) is 0 Å². The quantitative estimate of drug-likeness (QED) is 0.365. The van der Waals surface area contributed by atoms with Crippen LogP contribution in [0.25, 0.3) is 11.2 Å². The molecule has 0 spiro atoms. The van der Waals surface area contributed by atoms with Gasteiger partial charge >= 0.3 is 7.60 Å². The number of rotatable bonds is 7. The third-order valence-corrected chi connectivity index (χ3v) is 2.85. The van der Waals surface area contributed by atoms with Crippen LogP contribution in [0, 0.1) is 0 Å². The van der Waals surface area contributed by atoms with Gasteiger partial charge in [0.25, 0.3) is 0 Å². The van der Waals surface area contributed by atoms with Crippen molar-refractivity contribution in [2.45, 2.75) is 6.42 Å². The van der Waals surface area contributed by atoms with Crippen molar-refractivity contribution in [3.05, 3.63) is 6.33 Å². The molecule has 11 nitrogen and oxygen atoms in total. The summed E-state index contributed by atoms with van der Waals surface area (Å²) in [6.45, 7) is 0.382. The Balaban J connectivity index is 1.86. The van der Waals surface area contributed by atoms with E-state index < -0.39 is 13.9 Å². The Bertz CT molecular complexity index is 670. The molecule has 0 bridgehead atoms. The van der Waals surface area contributed by atoms with E-state index in [2.05, 4.69) is 15.0 Å². The third-order valence-electron chi connectivity index (χ3n) is 2.33. The Labute approximate surface area is 119 Å². The summed E-state index contributed by atoms with van der Waals surface area (Å²) in [6, 6.07) is 0. The zero-order valence-electron chi connectivity index (χ0n) is 10.9. The van der Waals surface area contributed by atoms with Gasteiger partial charge in [-0.25, -0.2) is 4.98 Å². The zero-order chi connectivity index (χ0) is 15.5.